The lowest BCUT2D eigenvalue weighted by atomic mass is 10.1. The van der Waals surface area contributed by atoms with Crippen LogP contribution in [0.4, 0.5) is 0 Å². The van der Waals surface area contributed by atoms with Crippen LogP contribution in [0.25, 0.3) is 5.57 Å². The van der Waals surface area contributed by atoms with E-state index >= 15 is 0 Å². The van der Waals surface area contributed by atoms with E-state index in [-0.39, 0.29) is 11.3 Å². The molecule has 0 spiro atoms. The Balaban J connectivity index is 1.84. The molecule has 0 fully saturated rings. The van der Waals surface area contributed by atoms with Gasteiger partial charge < -0.3 is 9.84 Å². The molecule has 0 saturated carbocycles. The molecule has 5 rings (SSSR count). The normalized spacial score (nSPS) is 16.1. The van der Waals surface area contributed by atoms with Crippen molar-refractivity contribution in [2.24, 2.45) is 0 Å². The molecule has 3 nitrogen and oxygen atoms in total. The van der Waals surface area contributed by atoms with Gasteiger partial charge in [-0.3, -0.25) is 0 Å². The summed E-state index contributed by atoms with van der Waals surface area (Å²) in [4.78, 5) is 13.1. The van der Waals surface area contributed by atoms with Crippen molar-refractivity contribution in [3.63, 3.8) is 0 Å². The highest BCUT2D eigenvalue weighted by molar-refractivity contribution is 7.96. The van der Waals surface area contributed by atoms with Gasteiger partial charge in [0, 0.05) is 0 Å². The summed E-state index contributed by atoms with van der Waals surface area (Å²) in [6, 6.07) is 39.0. The smallest absolute Gasteiger partial charge is 0.341 e. The van der Waals surface area contributed by atoms with Gasteiger partial charge in [0.1, 0.15) is 15.9 Å². The predicted octanol–water partition coefficient (Wildman–Crippen LogP) is 3.64. The van der Waals surface area contributed by atoms with Crippen molar-refractivity contribution in [3.8, 4) is 0 Å². The molecule has 0 aliphatic carbocycles. The maximum Gasteiger partial charge on any atom is 0.341 e. The third-order valence-electron chi connectivity index (χ3n) is 5.80. The van der Waals surface area contributed by atoms with Gasteiger partial charge in [-0.05, 0) is 47.7 Å². The first-order valence-corrected chi connectivity index (χ1v) is 12.3. The molecule has 1 aliphatic rings. The van der Waals surface area contributed by atoms with E-state index in [1.165, 1.54) is 0 Å². The lowest BCUT2D eigenvalue weighted by Gasteiger charge is -2.34. The van der Waals surface area contributed by atoms with Crippen molar-refractivity contribution in [2.45, 2.75) is 5.85 Å². The van der Waals surface area contributed by atoms with Gasteiger partial charge in [0.05, 0.1) is 5.57 Å². The lowest BCUT2D eigenvalue weighted by molar-refractivity contribution is -0.309. The van der Waals surface area contributed by atoms with E-state index in [0.717, 1.165) is 15.9 Å². The minimum Gasteiger partial charge on any atom is -0.870 e. The summed E-state index contributed by atoms with van der Waals surface area (Å²) in [6.45, 7) is 0. The fourth-order valence-electron chi connectivity index (χ4n) is 4.40. The van der Waals surface area contributed by atoms with Crippen molar-refractivity contribution in [3.05, 3.63) is 133 Å². The number of ether oxygens (including phenoxy) is 1. The number of carbonyl (C=O) groups excluding carboxylic acids is 1. The van der Waals surface area contributed by atoms with Crippen LogP contribution in [0.1, 0.15) is 5.56 Å². The van der Waals surface area contributed by atoms with Gasteiger partial charge in [-0.15, -0.1) is 0 Å². The van der Waals surface area contributed by atoms with Gasteiger partial charge in [0.15, 0.2) is 7.26 Å². The highest BCUT2D eigenvalue weighted by atomic mass is 31.2. The van der Waals surface area contributed by atoms with E-state index < -0.39 is 19.1 Å². The predicted molar refractivity (Wildman–Crippen MR) is 128 cm³/mol. The molecule has 0 aromatic heterocycles. The highest BCUT2D eigenvalue weighted by Gasteiger charge is 2.57. The van der Waals surface area contributed by atoms with Crippen LogP contribution in [0.15, 0.2) is 127 Å². The van der Waals surface area contributed by atoms with Gasteiger partial charge in [0.25, 0.3) is 0 Å². The maximum absolute atomic E-state index is 13.9. The first-order valence-electron chi connectivity index (χ1n) is 10.5. The zero-order valence-electron chi connectivity index (χ0n) is 17.3. The molecule has 1 aliphatic heterocycles. The van der Waals surface area contributed by atoms with Crippen LogP contribution in [0.5, 0.6) is 0 Å². The Bertz CT molecular complexity index is 1160. The van der Waals surface area contributed by atoms with Crippen molar-refractivity contribution in [1.82, 2.24) is 0 Å². The first-order chi connectivity index (χ1) is 15.7. The fourth-order valence-corrected chi connectivity index (χ4v) is 8.77. The number of hydrogen-bond donors (Lipinski definition) is 0. The van der Waals surface area contributed by atoms with Crippen LogP contribution < -0.4 is 21.0 Å². The first kappa shape index (κ1) is 20.2. The molecule has 1 heterocycles. The monoisotopic (exact) mass is 436 g/mol. The highest BCUT2D eigenvalue weighted by Crippen LogP contribution is 2.63. The summed E-state index contributed by atoms with van der Waals surface area (Å²) in [5, 5.41) is 16.9. The number of rotatable bonds is 5. The average Bonchev–Trinajstić information content (AvgIpc) is 3.16. The summed E-state index contributed by atoms with van der Waals surface area (Å²) in [7, 11) is -2.67. The lowest BCUT2D eigenvalue weighted by Crippen LogP contribution is -2.41. The van der Waals surface area contributed by atoms with Crippen LogP contribution in [0.3, 0.4) is 0 Å². The van der Waals surface area contributed by atoms with E-state index in [4.69, 9.17) is 4.74 Å². The van der Waals surface area contributed by atoms with Crippen LogP contribution in [-0.4, -0.2) is 11.8 Å². The third-order valence-corrected chi connectivity index (χ3v) is 10.2. The summed E-state index contributed by atoms with van der Waals surface area (Å²) < 4.78 is 5.99. The molecular weight excluding hydrogens is 415 g/mol. The largest absolute Gasteiger partial charge is 0.870 e. The second kappa shape index (κ2) is 8.45. The molecule has 4 heteroatoms. The molecule has 0 amide bonds. The van der Waals surface area contributed by atoms with Crippen LogP contribution >= 0.6 is 7.26 Å². The average molecular weight is 436 g/mol. The molecule has 1 unspecified atom stereocenters. The second-order valence-corrected chi connectivity index (χ2v) is 11.1. The summed E-state index contributed by atoms with van der Waals surface area (Å²) in [6.07, 6.45) is 0. The van der Waals surface area contributed by atoms with E-state index in [1.807, 2.05) is 109 Å². The van der Waals surface area contributed by atoms with Crippen LogP contribution in [-0.2, 0) is 9.53 Å². The molecule has 4 aromatic rings. The third kappa shape index (κ3) is 3.23. The molecule has 0 saturated heterocycles. The molecule has 32 heavy (non-hydrogen) atoms. The number of cyclic esters (lactones) is 1. The summed E-state index contributed by atoms with van der Waals surface area (Å²) in [5.74, 6) is -1.73. The Hall–Kier alpha value is -3.68. The van der Waals surface area contributed by atoms with Crippen LogP contribution in [0.2, 0.25) is 0 Å². The van der Waals surface area contributed by atoms with E-state index in [0.29, 0.717) is 5.56 Å². The molecule has 156 valence electrons. The number of hydrogen-bond acceptors (Lipinski definition) is 3. The maximum atomic E-state index is 13.9. The number of benzene rings is 4. The minimum atomic E-state index is -2.67. The van der Waals surface area contributed by atoms with Crippen molar-refractivity contribution in [2.75, 3.05) is 0 Å². The Kier molecular flexibility index (Phi) is 5.34. The Morgan fingerprint density at radius 1 is 0.594 bits per heavy atom. The van der Waals surface area contributed by atoms with Gasteiger partial charge in [0.2, 0.25) is 5.85 Å². The Morgan fingerprint density at radius 2 is 0.969 bits per heavy atom. The zero-order chi connectivity index (χ0) is 22.0. The van der Waals surface area contributed by atoms with E-state index in [9.17, 15) is 9.90 Å². The van der Waals surface area contributed by atoms with Gasteiger partial charge >= 0.3 is 5.97 Å². The zero-order valence-corrected chi connectivity index (χ0v) is 18.2. The fraction of sp³-hybridized carbons (Fsp3) is 0.0357. The molecule has 4 aromatic carbocycles. The molecular formula is C28H21O3P. The topological polar surface area (TPSA) is 49.4 Å². The quantitative estimate of drug-likeness (QED) is 0.355. The Labute approximate surface area is 188 Å². The van der Waals surface area contributed by atoms with Gasteiger partial charge in [-0.2, -0.15) is 0 Å². The minimum absolute atomic E-state index is 0.128. The van der Waals surface area contributed by atoms with Gasteiger partial charge in [-0.1, -0.05) is 84.9 Å². The molecule has 0 bridgehead atoms. The molecule has 0 N–H and O–H groups in total. The summed E-state index contributed by atoms with van der Waals surface area (Å²) >= 11 is 0. The standard InChI is InChI=1S/C28H21O3P/c29-26-25(21-13-5-1-6-14-21)27(30)31-28(26)32(22-15-7-2-8-16-22,23-17-9-3-10-18-23)24-19-11-4-12-20-24/h1-20,28H. The Morgan fingerprint density at radius 3 is 1.38 bits per heavy atom. The molecule has 0 radical (unpaired) electrons. The van der Waals surface area contributed by atoms with Crippen LogP contribution in [0, 0.1) is 0 Å². The van der Waals surface area contributed by atoms with Crippen molar-refractivity contribution >= 4 is 34.7 Å². The van der Waals surface area contributed by atoms with E-state index in [2.05, 4.69) is 0 Å². The second-order valence-electron chi connectivity index (χ2n) is 7.59. The van der Waals surface area contributed by atoms with Crippen molar-refractivity contribution in [1.29, 1.82) is 0 Å². The SMILES string of the molecule is O=C1OC([P+](c2ccccc2)(c2ccccc2)c2ccccc2)C([O-])=C1c1ccccc1. The van der Waals surface area contributed by atoms with E-state index in [1.54, 1.807) is 12.1 Å². The molecule has 1 atom stereocenters. The number of carbonyl (C=O) groups is 1. The summed E-state index contributed by atoms with van der Waals surface area (Å²) in [5.41, 5.74) is 0.722. The number of esters is 1. The van der Waals surface area contributed by atoms with Gasteiger partial charge in [-0.25, -0.2) is 4.79 Å². The van der Waals surface area contributed by atoms with Crippen molar-refractivity contribution < 1.29 is 14.6 Å².